The molecule has 0 atom stereocenters. The van der Waals surface area contributed by atoms with Crippen molar-refractivity contribution in [1.82, 2.24) is 4.98 Å². The zero-order chi connectivity index (χ0) is 12.6. The Balaban J connectivity index is 2.26. The van der Waals surface area contributed by atoms with Gasteiger partial charge >= 0.3 is 6.18 Å². The zero-order valence-corrected chi connectivity index (χ0v) is 11.0. The van der Waals surface area contributed by atoms with Gasteiger partial charge in [0.25, 0.3) is 0 Å². The lowest BCUT2D eigenvalue weighted by Crippen LogP contribution is -2.36. The van der Waals surface area contributed by atoms with Gasteiger partial charge in [-0.15, -0.1) is 0 Å². The standard InChI is InChI=1S/C10H9BrClF3N2/c11-6-3-8(12)9(16-4-6)17(7-1-2-7)5-10(13,14)15/h3-4,7H,1-2,5H2. The van der Waals surface area contributed by atoms with E-state index < -0.39 is 12.7 Å². The topological polar surface area (TPSA) is 16.1 Å². The molecular formula is C10H9BrClF3N2. The molecule has 0 N–H and O–H groups in total. The molecule has 0 saturated heterocycles. The van der Waals surface area contributed by atoms with Gasteiger partial charge in [-0.05, 0) is 34.8 Å². The summed E-state index contributed by atoms with van der Waals surface area (Å²) in [6, 6.07) is 1.46. The highest BCUT2D eigenvalue weighted by atomic mass is 79.9. The Labute approximate surface area is 110 Å². The maximum absolute atomic E-state index is 12.5. The van der Waals surface area contributed by atoms with Crippen LogP contribution in [-0.2, 0) is 0 Å². The predicted octanol–water partition coefficient (Wildman–Crippen LogP) is 4.03. The molecule has 0 aliphatic heterocycles. The molecule has 7 heteroatoms. The number of pyridine rings is 1. The van der Waals surface area contributed by atoms with Crippen molar-refractivity contribution in [2.75, 3.05) is 11.4 Å². The van der Waals surface area contributed by atoms with Gasteiger partial charge in [0.2, 0.25) is 0 Å². The number of hydrogen-bond donors (Lipinski definition) is 0. The average Bonchev–Trinajstić information content (AvgIpc) is 2.96. The fourth-order valence-corrected chi connectivity index (χ4v) is 2.31. The molecule has 0 bridgehead atoms. The van der Waals surface area contributed by atoms with Crippen molar-refractivity contribution in [3.8, 4) is 0 Å². The van der Waals surface area contributed by atoms with Crippen molar-refractivity contribution in [2.45, 2.75) is 25.1 Å². The highest BCUT2D eigenvalue weighted by Gasteiger charge is 2.39. The van der Waals surface area contributed by atoms with E-state index in [4.69, 9.17) is 11.6 Å². The van der Waals surface area contributed by atoms with Crippen molar-refractivity contribution in [3.63, 3.8) is 0 Å². The first-order chi connectivity index (χ1) is 7.87. The van der Waals surface area contributed by atoms with Crippen LogP contribution >= 0.6 is 27.5 Å². The number of rotatable bonds is 3. The Morgan fingerprint density at radius 1 is 1.47 bits per heavy atom. The van der Waals surface area contributed by atoms with Gasteiger partial charge in [-0.1, -0.05) is 11.6 Å². The van der Waals surface area contributed by atoms with Crippen LogP contribution in [-0.4, -0.2) is 23.7 Å². The summed E-state index contributed by atoms with van der Waals surface area (Å²) in [5.74, 6) is 0.203. The lowest BCUT2D eigenvalue weighted by molar-refractivity contribution is -0.120. The molecule has 0 unspecified atom stereocenters. The summed E-state index contributed by atoms with van der Waals surface area (Å²) >= 11 is 9.10. The summed E-state index contributed by atoms with van der Waals surface area (Å²) in [6.45, 7) is -1.01. The van der Waals surface area contributed by atoms with Gasteiger partial charge in [0.15, 0.2) is 0 Å². The minimum Gasteiger partial charge on any atom is -0.343 e. The number of aromatic nitrogens is 1. The molecule has 0 spiro atoms. The molecule has 2 rings (SSSR count). The van der Waals surface area contributed by atoms with E-state index >= 15 is 0 Å². The summed E-state index contributed by atoms with van der Waals surface area (Å²) in [5, 5.41) is 0.232. The third-order valence-electron chi connectivity index (χ3n) is 2.40. The van der Waals surface area contributed by atoms with Crippen LogP contribution in [0.4, 0.5) is 19.0 Å². The Kier molecular flexibility index (Phi) is 3.54. The van der Waals surface area contributed by atoms with Gasteiger partial charge in [0.1, 0.15) is 12.4 Å². The first-order valence-corrected chi connectivity index (χ1v) is 6.18. The zero-order valence-electron chi connectivity index (χ0n) is 8.64. The molecule has 0 aromatic carbocycles. The maximum Gasteiger partial charge on any atom is 0.405 e. The second-order valence-electron chi connectivity index (χ2n) is 3.93. The molecule has 2 nitrogen and oxygen atoms in total. The quantitative estimate of drug-likeness (QED) is 0.832. The van der Waals surface area contributed by atoms with Crippen LogP contribution in [0.1, 0.15) is 12.8 Å². The van der Waals surface area contributed by atoms with Gasteiger partial charge in [-0.2, -0.15) is 13.2 Å². The number of alkyl halides is 3. The summed E-state index contributed by atoms with van der Waals surface area (Å²) in [4.78, 5) is 5.20. The van der Waals surface area contributed by atoms with E-state index in [2.05, 4.69) is 20.9 Å². The number of anilines is 1. The molecular weight excluding hydrogens is 320 g/mol. The lowest BCUT2D eigenvalue weighted by Gasteiger charge is -2.25. The maximum atomic E-state index is 12.5. The van der Waals surface area contributed by atoms with E-state index in [9.17, 15) is 13.2 Å². The summed E-state index contributed by atoms with van der Waals surface area (Å²) < 4.78 is 38.1. The number of hydrogen-bond acceptors (Lipinski definition) is 2. The van der Waals surface area contributed by atoms with Crippen molar-refractivity contribution < 1.29 is 13.2 Å². The fourth-order valence-electron chi connectivity index (χ4n) is 1.57. The first kappa shape index (κ1) is 13.0. The molecule has 94 valence electrons. The van der Waals surface area contributed by atoms with Crippen molar-refractivity contribution in [1.29, 1.82) is 0 Å². The van der Waals surface area contributed by atoms with E-state index in [1.807, 2.05) is 0 Å². The molecule has 1 aliphatic rings. The molecule has 1 aliphatic carbocycles. The minimum atomic E-state index is -4.25. The van der Waals surface area contributed by atoms with Crippen molar-refractivity contribution in [3.05, 3.63) is 21.8 Å². The molecule has 17 heavy (non-hydrogen) atoms. The van der Waals surface area contributed by atoms with Crippen LogP contribution in [0, 0.1) is 0 Å². The second kappa shape index (κ2) is 4.65. The number of nitrogens with zero attached hydrogens (tertiary/aromatic N) is 2. The second-order valence-corrected chi connectivity index (χ2v) is 5.26. The van der Waals surface area contributed by atoms with Crippen molar-refractivity contribution in [2.24, 2.45) is 0 Å². The summed E-state index contributed by atoms with van der Waals surface area (Å²) in [7, 11) is 0. The molecule has 1 heterocycles. The Bertz CT molecular complexity index is 421. The van der Waals surface area contributed by atoms with Crippen LogP contribution in [0.3, 0.4) is 0 Å². The molecule has 0 radical (unpaired) electrons. The Morgan fingerprint density at radius 2 is 2.12 bits per heavy atom. The summed E-state index contributed by atoms with van der Waals surface area (Å²) in [6.07, 6.45) is -1.29. The molecule has 1 saturated carbocycles. The third-order valence-corrected chi connectivity index (χ3v) is 3.11. The van der Waals surface area contributed by atoms with E-state index in [-0.39, 0.29) is 16.9 Å². The first-order valence-electron chi connectivity index (χ1n) is 5.01. The van der Waals surface area contributed by atoms with Crippen LogP contribution < -0.4 is 4.90 Å². The monoisotopic (exact) mass is 328 g/mol. The Morgan fingerprint density at radius 3 is 2.59 bits per heavy atom. The Hall–Kier alpha value is -0.490. The van der Waals surface area contributed by atoms with E-state index in [0.29, 0.717) is 4.47 Å². The highest BCUT2D eigenvalue weighted by molar-refractivity contribution is 9.10. The average molecular weight is 330 g/mol. The van der Waals surface area contributed by atoms with E-state index in [0.717, 1.165) is 12.8 Å². The summed E-state index contributed by atoms with van der Waals surface area (Å²) in [5.41, 5.74) is 0. The largest absolute Gasteiger partial charge is 0.405 e. The van der Waals surface area contributed by atoms with E-state index in [1.54, 1.807) is 6.07 Å². The van der Waals surface area contributed by atoms with Gasteiger partial charge in [-0.25, -0.2) is 4.98 Å². The van der Waals surface area contributed by atoms with Crippen LogP contribution in [0.2, 0.25) is 5.02 Å². The van der Waals surface area contributed by atoms with Crippen LogP contribution in [0.5, 0.6) is 0 Å². The van der Waals surface area contributed by atoms with E-state index in [1.165, 1.54) is 11.1 Å². The van der Waals surface area contributed by atoms with Crippen molar-refractivity contribution >= 4 is 33.3 Å². The smallest absolute Gasteiger partial charge is 0.343 e. The van der Waals surface area contributed by atoms with Gasteiger partial charge in [0.05, 0.1) is 5.02 Å². The molecule has 1 aromatic rings. The highest BCUT2D eigenvalue weighted by Crippen LogP contribution is 2.37. The SMILES string of the molecule is FC(F)(F)CN(c1ncc(Br)cc1Cl)C1CC1. The minimum absolute atomic E-state index is 0.0946. The predicted molar refractivity (Wildman–Crippen MR) is 63.4 cm³/mol. The van der Waals surface area contributed by atoms with Crippen LogP contribution in [0.25, 0.3) is 0 Å². The molecule has 0 amide bonds. The van der Waals surface area contributed by atoms with Gasteiger partial charge in [0, 0.05) is 16.7 Å². The number of halogens is 5. The van der Waals surface area contributed by atoms with Crippen LogP contribution in [0.15, 0.2) is 16.7 Å². The lowest BCUT2D eigenvalue weighted by atomic mass is 10.4. The fraction of sp³-hybridized carbons (Fsp3) is 0.500. The van der Waals surface area contributed by atoms with Gasteiger partial charge in [-0.3, -0.25) is 0 Å². The third kappa shape index (κ3) is 3.48. The normalized spacial score (nSPS) is 16.1. The van der Waals surface area contributed by atoms with Gasteiger partial charge < -0.3 is 4.90 Å². The molecule has 1 fully saturated rings. The molecule has 1 aromatic heterocycles.